The van der Waals surface area contributed by atoms with Gasteiger partial charge in [0.25, 0.3) is 5.91 Å². The minimum Gasteiger partial charge on any atom is -0.465 e. The van der Waals surface area contributed by atoms with E-state index in [0.29, 0.717) is 6.04 Å². The molecule has 0 atom stereocenters. The minimum atomic E-state index is -0.183. The smallest absolute Gasteiger partial charge is 0.250 e. The van der Waals surface area contributed by atoms with E-state index in [9.17, 15) is 4.79 Å². The number of carbonyl (C=O) groups is 1. The van der Waals surface area contributed by atoms with Gasteiger partial charge >= 0.3 is 0 Å². The van der Waals surface area contributed by atoms with Gasteiger partial charge in [0, 0.05) is 11.6 Å². The van der Waals surface area contributed by atoms with Crippen LogP contribution in [-0.4, -0.2) is 32.6 Å². The van der Waals surface area contributed by atoms with E-state index in [1.165, 1.54) is 36.6 Å². The van der Waals surface area contributed by atoms with E-state index in [0.717, 1.165) is 40.7 Å². The predicted molar refractivity (Wildman–Crippen MR) is 132 cm³/mol. The fraction of sp³-hybridized carbons (Fsp3) is 0.360. The van der Waals surface area contributed by atoms with Gasteiger partial charge in [0.2, 0.25) is 0 Å². The van der Waals surface area contributed by atoms with Crippen LogP contribution in [0.4, 0.5) is 0 Å². The van der Waals surface area contributed by atoms with Crippen LogP contribution >= 0.6 is 11.8 Å². The molecule has 0 bridgehead atoms. The Balaban J connectivity index is 1.42. The molecule has 0 spiro atoms. The Labute approximate surface area is 198 Å². The maximum atomic E-state index is 12.4. The lowest BCUT2D eigenvalue weighted by Gasteiger charge is -2.25. The highest BCUT2D eigenvalue weighted by atomic mass is 32.2. The summed E-state index contributed by atoms with van der Waals surface area (Å²) in [7, 11) is 0. The molecule has 4 rings (SSSR count). The molecular formula is C25H29N5O2S. The maximum absolute atomic E-state index is 12.4. The van der Waals surface area contributed by atoms with Crippen molar-refractivity contribution in [3.8, 4) is 11.4 Å². The van der Waals surface area contributed by atoms with Crippen molar-refractivity contribution in [2.24, 2.45) is 5.10 Å². The first-order chi connectivity index (χ1) is 16.1. The summed E-state index contributed by atoms with van der Waals surface area (Å²) in [5, 5.41) is 13.8. The molecule has 0 radical (unpaired) electrons. The molecule has 0 unspecified atom stereocenters. The zero-order valence-corrected chi connectivity index (χ0v) is 19.8. The molecule has 1 aromatic carbocycles. The van der Waals surface area contributed by atoms with Crippen molar-refractivity contribution in [3.63, 3.8) is 0 Å². The lowest BCUT2D eigenvalue weighted by molar-refractivity contribution is -0.118. The quantitative estimate of drug-likeness (QED) is 0.265. The van der Waals surface area contributed by atoms with E-state index in [4.69, 9.17) is 4.42 Å². The summed E-state index contributed by atoms with van der Waals surface area (Å²) in [6.45, 7) is 3.97. The van der Waals surface area contributed by atoms with E-state index in [-0.39, 0.29) is 11.7 Å². The van der Waals surface area contributed by atoms with Gasteiger partial charge in [-0.25, -0.2) is 5.43 Å². The number of allylic oxidation sites excluding steroid dienone is 1. The number of carbonyl (C=O) groups excluding carboxylic acids is 1. The summed E-state index contributed by atoms with van der Waals surface area (Å²) in [5.74, 6) is 1.66. The third kappa shape index (κ3) is 6.22. The second-order valence-electron chi connectivity index (χ2n) is 8.32. The number of hydrazone groups is 1. The SMILES string of the molecule is CC(C=NNC(=O)CSc1nnc(-c2ccc(C)cc2)n1C1CCCCC1)=Cc1ccco1. The predicted octanol–water partition coefficient (Wildman–Crippen LogP) is 5.65. The molecule has 2 aromatic heterocycles. The molecule has 172 valence electrons. The van der Waals surface area contributed by atoms with Crippen LogP contribution in [0.2, 0.25) is 0 Å². The van der Waals surface area contributed by atoms with Crippen LogP contribution in [0.25, 0.3) is 17.5 Å². The highest BCUT2D eigenvalue weighted by Gasteiger charge is 2.24. The van der Waals surface area contributed by atoms with Crippen LogP contribution in [-0.2, 0) is 4.79 Å². The number of hydrogen-bond donors (Lipinski definition) is 1. The minimum absolute atomic E-state index is 0.183. The normalized spacial score (nSPS) is 15.3. The van der Waals surface area contributed by atoms with Crippen LogP contribution in [0, 0.1) is 6.92 Å². The van der Waals surface area contributed by atoms with Crippen molar-refractivity contribution in [2.75, 3.05) is 5.75 Å². The van der Waals surface area contributed by atoms with Crippen molar-refractivity contribution in [1.29, 1.82) is 0 Å². The summed E-state index contributed by atoms with van der Waals surface area (Å²) in [4.78, 5) is 12.4. The topological polar surface area (TPSA) is 85.3 Å². The molecule has 33 heavy (non-hydrogen) atoms. The van der Waals surface area contributed by atoms with Crippen molar-refractivity contribution in [3.05, 3.63) is 59.6 Å². The number of nitrogens with zero attached hydrogens (tertiary/aromatic N) is 4. The van der Waals surface area contributed by atoms with Crippen LogP contribution in [0.3, 0.4) is 0 Å². The number of aryl methyl sites for hydroxylation is 1. The van der Waals surface area contributed by atoms with Gasteiger partial charge in [0.15, 0.2) is 11.0 Å². The van der Waals surface area contributed by atoms with E-state index in [1.807, 2.05) is 25.1 Å². The van der Waals surface area contributed by atoms with Gasteiger partial charge in [-0.3, -0.25) is 9.36 Å². The Morgan fingerprint density at radius 1 is 1.21 bits per heavy atom. The molecule has 1 amide bonds. The molecule has 0 saturated heterocycles. The summed E-state index contributed by atoms with van der Waals surface area (Å²) in [6, 6.07) is 12.4. The number of furan rings is 1. The third-order valence-electron chi connectivity index (χ3n) is 5.62. The highest BCUT2D eigenvalue weighted by molar-refractivity contribution is 7.99. The molecule has 1 aliphatic rings. The van der Waals surface area contributed by atoms with Crippen molar-refractivity contribution < 1.29 is 9.21 Å². The first kappa shape index (κ1) is 23.0. The van der Waals surface area contributed by atoms with Crippen LogP contribution < -0.4 is 5.43 Å². The van der Waals surface area contributed by atoms with Gasteiger partial charge in [-0.05, 0) is 50.5 Å². The Morgan fingerprint density at radius 3 is 2.73 bits per heavy atom. The number of rotatable bonds is 8. The standard InChI is InChI=1S/C25H29N5O2S/c1-18-10-12-20(13-11-18)24-28-29-25(30(24)21-7-4-3-5-8-21)33-17-23(31)27-26-16-19(2)15-22-9-6-14-32-22/h6,9-16,21H,3-5,7-8,17H2,1-2H3,(H,27,31). The lowest BCUT2D eigenvalue weighted by Crippen LogP contribution is -2.20. The largest absolute Gasteiger partial charge is 0.465 e. The summed E-state index contributed by atoms with van der Waals surface area (Å²) < 4.78 is 7.51. The summed E-state index contributed by atoms with van der Waals surface area (Å²) in [5.41, 5.74) is 5.73. The van der Waals surface area contributed by atoms with Crippen LogP contribution in [0.15, 0.2) is 62.9 Å². The van der Waals surface area contributed by atoms with Gasteiger partial charge in [-0.1, -0.05) is 60.9 Å². The fourth-order valence-electron chi connectivity index (χ4n) is 3.95. The molecule has 8 heteroatoms. The van der Waals surface area contributed by atoms with Crippen LogP contribution in [0.5, 0.6) is 0 Å². The van der Waals surface area contributed by atoms with E-state index in [2.05, 4.69) is 56.5 Å². The highest BCUT2D eigenvalue weighted by Crippen LogP contribution is 2.35. The number of benzene rings is 1. The number of thioether (sulfide) groups is 1. The van der Waals surface area contributed by atoms with Crippen molar-refractivity contribution >= 4 is 30.0 Å². The lowest BCUT2D eigenvalue weighted by atomic mass is 9.95. The molecule has 1 saturated carbocycles. The van der Waals surface area contributed by atoms with Gasteiger partial charge in [0.1, 0.15) is 5.76 Å². The van der Waals surface area contributed by atoms with Gasteiger partial charge < -0.3 is 4.42 Å². The first-order valence-electron chi connectivity index (χ1n) is 11.3. The van der Waals surface area contributed by atoms with Gasteiger partial charge in [0.05, 0.1) is 18.2 Å². The molecule has 2 heterocycles. The monoisotopic (exact) mass is 463 g/mol. The van der Waals surface area contributed by atoms with Crippen molar-refractivity contribution in [1.82, 2.24) is 20.2 Å². The second-order valence-corrected chi connectivity index (χ2v) is 9.26. The number of amides is 1. The summed E-state index contributed by atoms with van der Waals surface area (Å²) >= 11 is 1.40. The zero-order valence-electron chi connectivity index (χ0n) is 19.0. The molecular weight excluding hydrogens is 434 g/mol. The van der Waals surface area contributed by atoms with E-state index < -0.39 is 0 Å². The number of nitrogens with one attached hydrogen (secondary N) is 1. The molecule has 7 nitrogen and oxygen atoms in total. The molecule has 3 aromatic rings. The fourth-order valence-corrected chi connectivity index (χ4v) is 4.74. The van der Waals surface area contributed by atoms with Crippen molar-refractivity contribution in [2.45, 2.75) is 57.1 Å². The Morgan fingerprint density at radius 2 is 2.00 bits per heavy atom. The zero-order chi connectivity index (χ0) is 23.0. The van der Waals surface area contributed by atoms with Gasteiger partial charge in [-0.2, -0.15) is 5.10 Å². The van der Waals surface area contributed by atoms with Crippen LogP contribution in [0.1, 0.15) is 56.4 Å². The second kappa shape index (κ2) is 11.1. The third-order valence-corrected chi connectivity index (χ3v) is 6.56. The maximum Gasteiger partial charge on any atom is 0.250 e. The average molecular weight is 464 g/mol. The molecule has 0 aliphatic heterocycles. The average Bonchev–Trinajstić information content (AvgIpc) is 3.49. The van der Waals surface area contributed by atoms with Gasteiger partial charge in [-0.15, -0.1) is 10.2 Å². The Hall–Kier alpha value is -3.13. The summed E-state index contributed by atoms with van der Waals surface area (Å²) in [6.07, 6.45) is 11.0. The van der Waals surface area contributed by atoms with E-state index >= 15 is 0 Å². The molecule has 1 N–H and O–H groups in total. The Kier molecular flexibility index (Phi) is 7.78. The molecule has 1 aliphatic carbocycles. The molecule has 1 fully saturated rings. The number of hydrogen-bond acceptors (Lipinski definition) is 6. The number of aromatic nitrogens is 3. The first-order valence-corrected chi connectivity index (χ1v) is 12.3. The van der Waals surface area contributed by atoms with E-state index in [1.54, 1.807) is 12.5 Å². The Bertz CT molecular complexity index is 1110.